The topological polar surface area (TPSA) is 134 Å². The van der Waals surface area contributed by atoms with Crippen molar-refractivity contribution in [1.82, 2.24) is 0 Å². The maximum absolute atomic E-state index is 9.98. The second-order valence-corrected chi connectivity index (χ2v) is 4.21. The highest BCUT2D eigenvalue weighted by atomic mass is 35.5. The molecular weight excluding hydrogens is 237 g/mol. The van der Waals surface area contributed by atoms with Crippen molar-refractivity contribution in [2.24, 2.45) is 0 Å². The first-order chi connectivity index (χ1) is 5.10. The van der Waals surface area contributed by atoms with E-state index in [-0.39, 0.29) is 0 Å². The summed E-state index contributed by atoms with van der Waals surface area (Å²) in [6, 6.07) is 0. The number of phosphoric ester groups is 2. The number of halogens is 1. The van der Waals surface area contributed by atoms with Gasteiger partial charge in [-0.15, -0.1) is 0 Å². The van der Waals surface area contributed by atoms with Crippen LogP contribution in [0.2, 0.25) is 0 Å². The zero-order valence-corrected chi connectivity index (χ0v) is 7.82. The van der Waals surface area contributed by atoms with Gasteiger partial charge in [-0.2, -0.15) is 0 Å². The highest BCUT2D eigenvalue weighted by Gasteiger charge is 2.27. The van der Waals surface area contributed by atoms with Crippen LogP contribution in [0.3, 0.4) is 0 Å². The summed E-state index contributed by atoms with van der Waals surface area (Å²) in [5.41, 5.74) is 0. The van der Waals surface area contributed by atoms with Crippen LogP contribution in [0.5, 0.6) is 0 Å². The van der Waals surface area contributed by atoms with E-state index >= 15 is 0 Å². The Kier molecular flexibility index (Phi) is 4.32. The average Bonchev–Trinajstić information content (AvgIpc) is 1.49. The lowest BCUT2D eigenvalue weighted by Gasteiger charge is -2.12. The van der Waals surface area contributed by atoms with Gasteiger partial charge in [-0.05, 0) is 0 Å². The SMILES string of the molecule is O=P(O)(O)OC(Cl)OP(=O)(O)O. The first kappa shape index (κ1) is 12.5. The summed E-state index contributed by atoms with van der Waals surface area (Å²) in [4.78, 5) is 32.2. The Bertz CT molecular complexity index is 201. The van der Waals surface area contributed by atoms with Gasteiger partial charge in [-0.25, -0.2) is 18.2 Å². The average molecular weight is 242 g/mol. The summed E-state index contributed by atoms with van der Waals surface area (Å²) >= 11 is 4.82. The molecule has 0 aliphatic rings. The predicted molar refractivity (Wildman–Crippen MR) is 35.9 cm³/mol. The van der Waals surface area contributed by atoms with Gasteiger partial charge in [0, 0.05) is 0 Å². The highest BCUT2D eigenvalue weighted by Crippen LogP contribution is 2.45. The molecule has 0 unspecified atom stereocenters. The van der Waals surface area contributed by atoms with Gasteiger partial charge in [-0.1, -0.05) is 11.6 Å². The zero-order valence-electron chi connectivity index (χ0n) is 5.27. The van der Waals surface area contributed by atoms with E-state index in [0.717, 1.165) is 0 Å². The number of hydrogen-bond acceptors (Lipinski definition) is 4. The van der Waals surface area contributed by atoms with Gasteiger partial charge >= 0.3 is 15.6 Å². The first-order valence-electron chi connectivity index (χ1n) is 2.22. The van der Waals surface area contributed by atoms with E-state index < -0.39 is 21.4 Å². The van der Waals surface area contributed by atoms with E-state index in [0.29, 0.717) is 0 Å². The monoisotopic (exact) mass is 242 g/mol. The molecule has 0 aliphatic heterocycles. The van der Waals surface area contributed by atoms with Crippen LogP contribution in [0.25, 0.3) is 0 Å². The molecule has 0 heterocycles. The van der Waals surface area contributed by atoms with Gasteiger partial charge in [0.15, 0.2) is 0 Å². The number of phosphoric acid groups is 2. The summed E-state index contributed by atoms with van der Waals surface area (Å²) in [6.45, 7) is 0. The van der Waals surface area contributed by atoms with E-state index in [1.165, 1.54) is 0 Å². The minimum atomic E-state index is -4.91. The Morgan fingerprint density at radius 2 is 1.25 bits per heavy atom. The van der Waals surface area contributed by atoms with E-state index in [9.17, 15) is 9.13 Å². The Hall–Kier alpha value is 0.510. The second-order valence-electron chi connectivity index (χ2n) is 1.47. The molecule has 12 heavy (non-hydrogen) atoms. The van der Waals surface area contributed by atoms with Gasteiger partial charge in [0.2, 0.25) is 0 Å². The summed E-state index contributed by atoms with van der Waals surface area (Å²) < 4.78 is 27.0. The van der Waals surface area contributed by atoms with E-state index in [4.69, 9.17) is 31.2 Å². The van der Waals surface area contributed by atoms with Crippen LogP contribution in [0.4, 0.5) is 0 Å². The normalized spacial score (nSPS) is 13.8. The minimum absolute atomic E-state index is 2.20. The molecule has 0 fully saturated rings. The van der Waals surface area contributed by atoms with Gasteiger partial charge in [-0.3, -0.25) is 0 Å². The van der Waals surface area contributed by atoms with Crippen LogP contribution in [0, 0.1) is 0 Å². The smallest absolute Gasteiger partial charge is 0.303 e. The van der Waals surface area contributed by atoms with Crippen LogP contribution in [0.1, 0.15) is 0 Å². The van der Waals surface area contributed by atoms with Crippen molar-refractivity contribution in [1.29, 1.82) is 0 Å². The largest absolute Gasteiger partial charge is 0.472 e. The Labute approximate surface area is 71.5 Å². The molecule has 0 bridgehead atoms. The molecule has 0 saturated heterocycles. The van der Waals surface area contributed by atoms with Gasteiger partial charge in [0.05, 0.1) is 0 Å². The summed E-state index contributed by atoms with van der Waals surface area (Å²) in [6.07, 6.45) is 0. The van der Waals surface area contributed by atoms with Crippen LogP contribution in [-0.2, 0) is 18.2 Å². The maximum atomic E-state index is 9.98. The molecule has 0 rings (SSSR count). The van der Waals surface area contributed by atoms with Crippen molar-refractivity contribution in [2.45, 2.75) is 5.75 Å². The molecule has 0 aromatic rings. The number of rotatable bonds is 4. The van der Waals surface area contributed by atoms with Crippen LogP contribution in [0.15, 0.2) is 0 Å². The van der Waals surface area contributed by atoms with Crippen molar-refractivity contribution in [3.05, 3.63) is 0 Å². The molecule has 0 aliphatic carbocycles. The third-order valence-corrected chi connectivity index (χ3v) is 1.80. The van der Waals surface area contributed by atoms with Crippen LogP contribution >= 0.6 is 27.2 Å². The van der Waals surface area contributed by atoms with Crippen molar-refractivity contribution in [2.75, 3.05) is 0 Å². The van der Waals surface area contributed by atoms with Crippen LogP contribution < -0.4 is 0 Å². The van der Waals surface area contributed by atoms with Gasteiger partial charge in [0.1, 0.15) is 0 Å². The number of alkyl halides is 1. The van der Waals surface area contributed by atoms with Crippen molar-refractivity contribution >= 4 is 27.2 Å². The fourth-order valence-corrected chi connectivity index (χ4v) is 1.44. The highest BCUT2D eigenvalue weighted by molar-refractivity contribution is 7.47. The van der Waals surface area contributed by atoms with Gasteiger partial charge in [0.25, 0.3) is 5.75 Å². The Balaban J connectivity index is 4.00. The number of hydrogen-bond donors (Lipinski definition) is 4. The fourth-order valence-electron chi connectivity index (χ4n) is 0.235. The first-order valence-corrected chi connectivity index (χ1v) is 5.72. The van der Waals surface area contributed by atoms with E-state index in [2.05, 4.69) is 9.05 Å². The lowest BCUT2D eigenvalue weighted by Crippen LogP contribution is -2.06. The zero-order chi connectivity index (χ0) is 9.99. The molecule has 0 saturated carbocycles. The Morgan fingerprint density at radius 1 is 1.00 bits per heavy atom. The summed E-state index contributed by atoms with van der Waals surface area (Å²) in [5, 5.41) is 0. The molecule has 0 atom stereocenters. The molecule has 0 aromatic carbocycles. The van der Waals surface area contributed by atoms with Crippen molar-refractivity contribution < 1.29 is 37.8 Å². The minimum Gasteiger partial charge on any atom is -0.303 e. The quantitative estimate of drug-likeness (QED) is 0.301. The fraction of sp³-hybridized carbons (Fsp3) is 1.00. The molecule has 0 amide bonds. The lowest BCUT2D eigenvalue weighted by atomic mass is 11.5. The molecule has 11 heteroatoms. The molecule has 74 valence electrons. The Morgan fingerprint density at radius 3 is 1.42 bits per heavy atom. The third kappa shape index (κ3) is 8.61. The molecule has 0 aromatic heterocycles. The molecule has 0 spiro atoms. The van der Waals surface area contributed by atoms with Gasteiger partial charge < -0.3 is 19.6 Å². The van der Waals surface area contributed by atoms with Crippen molar-refractivity contribution in [3.8, 4) is 0 Å². The maximum Gasteiger partial charge on any atom is 0.472 e. The molecule has 4 N–H and O–H groups in total. The lowest BCUT2D eigenvalue weighted by molar-refractivity contribution is 0.0254. The molecule has 0 radical (unpaired) electrons. The summed E-state index contributed by atoms with van der Waals surface area (Å²) in [5.74, 6) is -2.20. The third-order valence-electron chi connectivity index (χ3n) is 0.440. The van der Waals surface area contributed by atoms with E-state index in [1.807, 2.05) is 0 Å². The molecular formula is CH5ClO8P2. The van der Waals surface area contributed by atoms with Crippen molar-refractivity contribution in [3.63, 3.8) is 0 Å². The summed E-state index contributed by atoms with van der Waals surface area (Å²) in [7, 11) is -9.82. The predicted octanol–water partition coefficient (Wildman–Crippen LogP) is -0.273. The standard InChI is InChI=1S/CH5ClO8P2/c2-1(9-11(3,4)5)10-12(6,7)8/h1H,(H2,3,4,5)(H2,6,7,8). The second kappa shape index (κ2) is 4.15. The molecule has 8 nitrogen and oxygen atoms in total. The van der Waals surface area contributed by atoms with E-state index in [1.54, 1.807) is 0 Å². The van der Waals surface area contributed by atoms with Crippen LogP contribution in [-0.4, -0.2) is 25.3 Å².